The van der Waals surface area contributed by atoms with Gasteiger partial charge < -0.3 is 4.74 Å². The average Bonchev–Trinajstić information content (AvgIpc) is 2.49. The molecule has 0 saturated heterocycles. The maximum atomic E-state index is 12.4. The van der Waals surface area contributed by atoms with Gasteiger partial charge in [0.2, 0.25) is 0 Å². The van der Waals surface area contributed by atoms with Crippen molar-refractivity contribution in [1.29, 1.82) is 0 Å². The van der Waals surface area contributed by atoms with E-state index in [1.807, 2.05) is 13.8 Å². The lowest BCUT2D eigenvalue weighted by Gasteiger charge is -2.14. The monoisotopic (exact) mass is 360 g/mol. The summed E-state index contributed by atoms with van der Waals surface area (Å²) in [6.45, 7) is 4.08. The van der Waals surface area contributed by atoms with Crippen LogP contribution in [0, 0.1) is 0 Å². The minimum atomic E-state index is -4.36. The molecule has 0 aliphatic heterocycles. The first-order valence-corrected chi connectivity index (χ1v) is 7.39. The van der Waals surface area contributed by atoms with Crippen LogP contribution in [0.15, 0.2) is 24.3 Å². The zero-order valence-corrected chi connectivity index (χ0v) is 14.0. The SMILES string of the molecule is CC.CCOC(=O)C(CC)c1ccc(C(F)(F)F)cc1.FC(F)F. The van der Waals surface area contributed by atoms with Crippen LogP contribution in [0.4, 0.5) is 26.3 Å². The number of esters is 1. The largest absolute Gasteiger partial charge is 0.466 e. The highest BCUT2D eigenvalue weighted by Gasteiger charge is 2.30. The number of hydrogen-bond donors (Lipinski definition) is 0. The lowest BCUT2D eigenvalue weighted by Crippen LogP contribution is -2.15. The molecule has 0 aliphatic rings. The second-order valence-corrected chi connectivity index (χ2v) is 4.08. The highest BCUT2D eigenvalue weighted by Crippen LogP contribution is 2.31. The van der Waals surface area contributed by atoms with Crippen LogP contribution in [-0.4, -0.2) is 19.3 Å². The van der Waals surface area contributed by atoms with Crippen LogP contribution in [0.5, 0.6) is 0 Å². The van der Waals surface area contributed by atoms with Crippen molar-refractivity contribution in [1.82, 2.24) is 0 Å². The molecular weight excluding hydrogens is 338 g/mol. The van der Waals surface area contributed by atoms with Crippen molar-refractivity contribution in [3.8, 4) is 0 Å². The molecule has 0 heterocycles. The first-order valence-electron chi connectivity index (χ1n) is 7.39. The molecule has 1 atom stereocenters. The van der Waals surface area contributed by atoms with E-state index in [0.29, 0.717) is 12.0 Å². The molecule has 140 valence electrons. The molecule has 0 amide bonds. The Hall–Kier alpha value is -1.73. The van der Waals surface area contributed by atoms with Crippen molar-refractivity contribution in [2.75, 3.05) is 6.61 Å². The van der Waals surface area contributed by atoms with Gasteiger partial charge in [0.1, 0.15) is 0 Å². The number of carbonyl (C=O) groups excluding carboxylic acids is 1. The topological polar surface area (TPSA) is 26.3 Å². The number of hydrogen-bond acceptors (Lipinski definition) is 2. The van der Waals surface area contributed by atoms with Crippen LogP contribution in [0.3, 0.4) is 0 Å². The van der Waals surface area contributed by atoms with Crippen LogP contribution in [0.2, 0.25) is 0 Å². The molecule has 0 saturated carbocycles. The summed E-state index contributed by atoms with van der Waals surface area (Å²) in [5.74, 6) is -0.910. The molecule has 0 radical (unpaired) electrons. The molecule has 0 bridgehead atoms. The quantitative estimate of drug-likeness (QED) is 0.489. The Morgan fingerprint density at radius 3 is 1.75 bits per heavy atom. The Bertz CT molecular complexity index is 440. The fourth-order valence-corrected chi connectivity index (χ4v) is 1.69. The van der Waals surface area contributed by atoms with Gasteiger partial charge in [0.15, 0.2) is 0 Å². The van der Waals surface area contributed by atoms with E-state index in [2.05, 4.69) is 0 Å². The fourth-order valence-electron chi connectivity index (χ4n) is 1.69. The maximum Gasteiger partial charge on any atom is 0.416 e. The lowest BCUT2D eigenvalue weighted by atomic mass is 9.95. The van der Waals surface area contributed by atoms with Crippen molar-refractivity contribution in [3.05, 3.63) is 35.4 Å². The summed E-state index contributed by atoms with van der Waals surface area (Å²) < 4.78 is 71.1. The lowest BCUT2D eigenvalue weighted by molar-refractivity contribution is -0.145. The number of ether oxygens (including phenoxy) is 1. The molecular formula is C16H22F6O2. The molecule has 0 aliphatic carbocycles. The Morgan fingerprint density at radius 2 is 1.46 bits per heavy atom. The molecule has 8 heteroatoms. The summed E-state index contributed by atoms with van der Waals surface area (Å²) in [5, 5.41) is 0. The zero-order valence-electron chi connectivity index (χ0n) is 14.0. The van der Waals surface area contributed by atoms with E-state index < -0.39 is 30.3 Å². The summed E-state index contributed by atoms with van der Waals surface area (Å²) in [6.07, 6.45) is -3.87. The first kappa shape index (κ1) is 24.5. The molecule has 1 aromatic rings. The zero-order chi connectivity index (χ0) is 19.3. The molecule has 24 heavy (non-hydrogen) atoms. The van der Waals surface area contributed by atoms with E-state index in [-0.39, 0.29) is 6.61 Å². The molecule has 2 nitrogen and oxygen atoms in total. The van der Waals surface area contributed by atoms with Gasteiger partial charge in [-0.2, -0.15) is 26.3 Å². The Balaban J connectivity index is 0. The standard InChI is InChI=1S/C13H15F3O2.C2H6.CHF3/c1-3-11(12(17)18-4-2)9-5-7-10(8-6-9)13(14,15)16;1-2;2-1(3)4/h5-8,11H,3-4H2,1-2H3;1-2H3;1H. The minimum Gasteiger partial charge on any atom is -0.466 e. The fraction of sp³-hybridized carbons (Fsp3) is 0.562. The number of rotatable bonds is 4. The van der Waals surface area contributed by atoms with Gasteiger partial charge in [-0.25, -0.2) is 0 Å². The first-order chi connectivity index (χ1) is 11.1. The van der Waals surface area contributed by atoms with Crippen LogP contribution < -0.4 is 0 Å². The molecule has 1 rings (SSSR count). The summed E-state index contributed by atoms with van der Waals surface area (Å²) in [5.41, 5.74) is -0.172. The molecule has 1 aromatic carbocycles. The minimum absolute atomic E-state index is 0.260. The van der Waals surface area contributed by atoms with Crippen LogP contribution in [0.1, 0.15) is 51.2 Å². The number of alkyl halides is 6. The van der Waals surface area contributed by atoms with Gasteiger partial charge in [-0.05, 0) is 31.0 Å². The molecule has 0 fully saturated rings. The second kappa shape index (κ2) is 12.7. The van der Waals surface area contributed by atoms with Crippen molar-refractivity contribution < 1.29 is 35.9 Å². The Labute approximate surface area is 137 Å². The third kappa shape index (κ3) is 10.1. The van der Waals surface area contributed by atoms with Crippen molar-refractivity contribution >= 4 is 5.97 Å². The Kier molecular flexibility index (Phi) is 12.9. The normalized spacial score (nSPS) is 11.6. The third-order valence-corrected chi connectivity index (χ3v) is 2.62. The highest BCUT2D eigenvalue weighted by atomic mass is 19.4. The van der Waals surface area contributed by atoms with E-state index in [9.17, 15) is 31.1 Å². The molecule has 0 N–H and O–H groups in total. The average molecular weight is 360 g/mol. The molecule has 0 aromatic heterocycles. The van der Waals surface area contributed by atoms with Gasteiger partial charge in [0.25, 0.3) is 0 Å². The van der Waals surface area contributed by atoms with Gasteiger partial charge >= 0.3 is 18.8 Å². The van der Waals surface area contributed by atoms with E-state index in [0.717, 1.165) is 12.1 Å². The highest BCUT2D eigenvalue weighted by molar-refractivity contribution is 5.78. The van der Waals surface area contributed by atoms with E-state index in [1.54, 1.807) is 13.8 Å². The number of benzene rings is 1. The van der Waals surface area contributed by atoms with Gasteiger partial charge in [-0.1, -0.05) is 32.9 Å². The number of carbonyl (C=O) groups is 1. The maximum absolute atomic E-state index is 12.4. The predicted molar refractivity (Wildman–Crippen MR) is 79.6 cm³/mol. The Morgan fingerprint density at radius 1 is 1.04 bits per heavy atom. The molecule has 0 spiro atoms. The van der Waals surface area contributed by atoms with Gasteiger partial charge in [-0.3, -0.25) is 4.79 Å². The summed E-state index contributed by atoms with van der Waals surface area (Å²) >= 11 is 0. The summed E-state index contributed by atoms with van der Waals surface area (Å²) in [4.78, 5) is 11.6. The van der Waals surface area contributed by atoms with E-state index >= 15 is 0 Å². The second-order valence-electron chi connectivity index (χ2n) is 4.08. The summed E-state index contributed by atoms with van der Waals surface area (Å²) in [6, 6.07) is 4.62. The van der Waals surface area contributed by atoms with Gasteiger partial charge in [0, 0.05) is 0 Å². The van der Waals surface area contributed by atoms with Crippen LogP contribution in [-0.2, 0) is 15.7 Å². The summed E-state index contributed by atoms with van der Waals surface area (Å²) in [7, 11) is 0. The van der Waals surface area contributed by atoms with Crippen molar-refractivity contribution in [3.63, 3.8) is 0 Å². The smallest absolute Gasteiger partial charge is 0.416 e. The van der Waals surface area contributed by atoms with Gasteiger partial charge in [-0.15, -0.1) is 0 Å². The molecule has 1 unspecified atom stereocenters. The van der Waals surface area contributed by atoms with Crippen molar-refractivity contribution in [2.24, 2.45) is 0 Å². The van der Waals surface area contributed by atoms with Crippen molar-refractivity contribution in [2.45, 2.75) is 52.9 Å². The van der Waals surface area contributed by atoms with Crippen LogP contribution in [0.25, 0.3) is 0 Å². The predicted octanol–water partition coefficient (Wildman–Crippen LogP) is 5.97. The van der Waals surface area contributed by atoms with E-state index in [1.165, 1.54) is 12.1 Å². The van der Waals surface area contributed by atoms with Crippen LogP contribution >= 0.6 is 0 Å². The van der Waals surface area contributed by atoms with Gasteiger partial charge in [0.05, 0.1) is 18.1 Å². The van der Waals surface area contributed by atoms with E-state index in [4.69, 9.17) is 4.74 Å². The number of halogens is 6. The third-order valence-electron chi connectivity index (χ3n) is 2.62.